The second kappa shape index (κ2) is 5.60. The number of hydrogen-bond acceptors (Lipinski definition) is 2. The third-order valence-electron chi connectivity index (χ3n) is 2.80. The van der Waals surface area contributed by atoms with Crippen LogP contribution in [0.3, 0.4) is 0 Å². The zero-order chi connectivity index (χ0) is 12.2. The summed E-state index contributed by atoms with van der Waals surface area (Å²) in [7, 11) is -0.895. The smallest absolute Gasteiger partial charge is 0.0529 e. The van der Waals surface area contributed by atoms with Crippen LogP contribution in [0.25, 0.3) is 0 Å². The average Bonchev–Trinajstić information content (AvgIpc) is 2.27. The Kier molecular flexibility index (Phi) is 4.69. The maximum Gasteiger partial charge on any atom is 0.0529 e. The molecular weight excluding hydrogens is 218 g/mol. The molecule has 0 amide bonds. The molecule has 1 rings (SSSR count). The number of aryl methyl sites for hydroxylation is 1. The van der Waals surface area contributed by atoms with Gasteiger partial charge in [0.2, 0.25) is 0 Å². The summed E-state index contributed by atoms with van der Waals surface area (Å²) in [6.45, 7) is 6.89. The summed E-state index contributed by atoms with van der Waals surface area (Å²) in [5.74, 6) is 0.688. The summed E-state index contributed by atoms with van der Waals surface area (Å²) in [6, 6.07) is 7.89. The van der Waals surface area contributed by atoms with Gasteiger partial charge in [0.15, 0.2) is 0 Å². The van der Waals surface area contributed by atoms with E-state index in [2.05, 4.69) is 13.8 Å². The third kappa shape index (κ3) is 4.06. The summed E-state index contributed by atoms with van der Waals surface area (Å²) < 4.78 is 12.0. The van der Waals surface area contributed by atoms with Crippen molar-refractivity contribution in [3.8, 4) is 0 Å². The van der Waals surface area contributed by atoms with E-state index in [1.165, 1.54) is 5.56 Å². The van der Waals surface area contributed by atoms with E-state index in [9.17, 15) is 4.21 Å². The van der Waals surface area contributed by atoms with E-state index >= 15 is 0 Å². The van der Waals surface area contributed by atoms with E-state index in [0.29, 0.717) is 12.3 Å². The fourth-order valence-electron chi connectivity index (χ4n) is 1.28. The number of hydrogen-bond donors (Lipinski definition) is 1. The molecule has 0 bridgehead atoms. The molecule has 0 aliphatic heterocycles. The molecule has 0 aliphatic rings. The van der Waals surface area contributed by atoms with Gasteiger partial charge in [-0.25, -0.2) is 0 Å². The first-order valence-corrected chi connectivity index (χ1v) is 6.92. The minimum absolute atomic E-state index is 0.0837. The van der Waals surface area contributed by atoms with E-state index in [0.717, 1.165) is 11.3 Å². The summed E-state index contributed by atoms with van der Waals surface area (Å²) >= 11 is 0. The van der Waals surface area contributed by atoms with Gasteiger partial charge in [-0.15, -0.1) is 0 Å². The molecule has 0 radical (unpaired) electrons. The molecule has 1 unspecified atom stereocenters. The lowest BCUT2D eigenvalue weighted by Crippen LogP contribution is -2.25. The van der Waals surface area contributed by atoms with Crippen LogP contribution in [0, 0.1) is 12.3 Å². The molecule has 0 saturated heterocycles. The van der Waals surface area contributed by atoms with Gasteiger partial charge >= 0.3 is 0 Å². The van der Waals surface area contributed by atoms with Crippen LogP contribution < -0.4 is 5.73 Å². The zero-order valence-corrected chi connectivity index (χ0v) is 11.1. The molecule has 16 heavy (non-hydrogen) atoms. The molecule has 0 heterocycles. The molecule has 2 N–H and O–H groups in total. The number of benzene rings is 1. The van der Waals surface area contributed by atoms with Gasteiger partial charge in [-0.1, -0.05) is 31.5 Å². The molecule has 1 aromatic rings. The van der Waals surface area contributed by atoms with Gasteiger partial charge in [-0.05, 0) is 37.4 Å². The van der Waals surface area contributed by atoms with E-state index in [-0.39, 0.29) is 5.41 Å². The van der Waals surface area contributed by atoms with Gasteiger partial charge < -0.3 is 5.73 Å². The second-order valence-corrected chi connectivity index (χ2v) is 6.55. The Balaban J connectivity index is 2.56. The molecule has 0 saturated carbocycles. The van der Waals surface area contributed by atoms with Crippen LogP contribution in [0.1, 0.15) is 25.8 Å². The van der Waals surface area contributed by atoms with Crippen molar-refractivity contribution in [2.75, 3.05) is 12.3 Å². The molecular formula is C13H21NOS. The van der Waals surface area contributed by atoms with Crippen LogP contribution in [0.15, 0.2) is 29.2 Å². The van der Waals surface area contributed by atoms with Gasteiger partial charge in [-0.2, -0.15) is 0 Å². The van der Waals surface area contributed by atoms with Crippen molar-refractivity contribution in [3.05, 3.63) is 29.8 Å². The lowest BCUT2D eigenvalue weighted by Gasteiger charge is -2.21. The van der Waals surface area contributed by atoms with Gasteiger partial charge in [0.1, 0.15) is 0 Å². The zero-order valence-electron chi connectivity index (χ0n) is 10.3. The average molecular weight is 239 g/mol. The van der Waals surface area contributed by atoms with Crippen LogP contribution in [0.2, 0.25) is 0 Å². The lowest BCUT2D eigenvalue weighted by atomic mass is 9.91. The maximum absolute atomic E-state index is 12.0. The standard InChI is InChI=1S/C13H21NOS/c1-11-4-6-12(7-5-11)16(15)9-8-13(2,3)10-14/h4-7H,8-10,14H2,1-3H3. The highest BCUT2D eigenvalue weighted by atomic mass is 32.2. The molecule has 0 spiro atoms. The summed E-state index contributed by atoms with van der Waals surface area (Å²) in [5, 5.41) is 0. The van der Waals surface area contributed by atoms with Crippen molar-refractivity contribution in [1.29, 1.82) is 0 Å². The van der Waals surface area contributed by atoms with E-state index in [1.807, 2.05) is 31.2 Å². The fourth-order valence-corrected chi connectivity index (χ4v) is 2.69. The highest BCUT2D eigenvalue weighted by molar-refractivity contribution is 7.85. The first kappa shape index (κ1) is 13.4. The molecule has 0 fully saturated rings. The Hall–Kier alpha value is -0.670. The second-order valence-electron chi connectivity index (χ2n) is 4.98. The number of nitrogens with two attached hydrogens (primary N) is 1. The SMILES string of the molecule is Cc1ccc(S(=O)CCC(C)(C)CN)cc1. The summed E-state index contributed by atoms with van der Waals surface area (Å²) in [5.41, 5.74) is 6.93. The van der Waals surface area contributed by atoms with Crippen LogP contribution >= 0.6 is 0 Å². The first-order chi connectivity index (χ1) is 7.44. The van der Waals surface area contributed by atoms with Gasteiger partial charge in [0.05, 0.1) is 10.8 Å². The van der Waals surface area contributed by atoms with Crippen molar-refractivity contribution < 1.29 is 4.21 Å². The van der Waals surface area contributed by atoms with Gasteiger partial charge in [0, 0.05) is 10.6 Å². The molecule has 3 heteroatoms. The predicted octanol–water partition coefficient (Wildman–Crippen LogP) is 2.48. The first-order valence-electron chi connectivity index (χ1n) is 5.60. The molecule has 90 valence electrons. The molecule has 1 atom stereocenters. The highest BCUT2D eigenvalue weighted by Crippen LogP contribution is 2.20. The molecule has 1 aromatic carbocycles. The number of rotatable bonds is 5. The topological polar surface area (TPSA) is 43.1 Å². The van der Waals surface area contributed by atoms with Crippen molar-refractivity contribution in [1.82, 2.24) is 0 Å². The molecule has 0 aromatic heterocycles. The van der Waals surface area contributed by atoms with Crippen LogP contribution in [0.4, 0.5) is 0 Å². The van der Waals surface area contributed by atoms with Crippen molar-refractivity contribution in [2.45, 2.75) is 32.1 Å². The van der Waals surface area contributed by atoms with Crippen molar-refractivity contribution >= 4 is 10.8 Å². The van der Waals surface area contributed by atoms with E-state index in [1.54, 1.807) is 0 Å². The van der Waals surface area contributed by atoms with Crippen LogP contribution in [0.5, 0.6) is 0 Å². The fraction of sp³-hybridized carbons (Fsp3) is 0.538. The third-order valence-corrected chi connectivity index (χ3v) is 4.17. The van der Waals surface area contributed by atoms with Gasteiger partial charge in [0.25, 0.3) is 0 Å². The Morgan fingerprint density at radius 1 is 1.25 bits per heavy atom. The minimum Gasteiger partial charge on any atom is -0.330 e. The quantitative estimate of drug-likeness (QED) is 0.858. The highest BCUT2D eigenvalue weighted by Gasteiger charge is 2.17. The Labute approximate surface area is 101 Å². The van der Waals surface area contributed by atoms with E-state index < -0.39 is 10.8 Å². The Morgan fingerprint density at radius 3 is 2.31 bits per heavy atom. The summed E-state index contributed by atoms with van der Waals surface area (Å²) in [4.78, 5) is 0.915. The minimum atomic E-state index is -0.895. The monoisotopic (exact) mass is 239 g/mol. The Bertz CT molecular complexity index is 357. The molecule has 2 nitrogen and oxygen atoms in total. The van der Waals surface area contributed by atoms with E-state index in [4.69, 9.17) is 5.73 Å². The van der Waals surface area contributed by atoms with Crippen molar-refractivity contribution in [2.24, 2.45) is 11.1 Å². The van der Waals surface area contributed by atoms with Crippen LogP contribution in [-0.4, -0.2) is 16.5 Å². The summed E-state index contributed by atoms with van der Waals surface area (Å²) in [6.07, 6.45) is 0.893. The normalized spacial score (nSPS) is 13.8. The predicted molar refractivity (Wildman–Crippen MR) is 69.9 cm³/mol. The largest absolute Gasteiger partial charge is 0.330 e. The lowest BCUT2D eigenvalue weighted by molar-refractivity contribution is 0.367. The maximum atomic E-state index is 12.0. The molecule has 0 aliphatic carbocycles. The van der Waals surface area contributed by atoms with Crippen LogP contribution in [-0.2, 0) is 10.8 Å². The van der Waals surface area contributed by atoms with Crippen molar-refractivity contribution in [3.63, 3.8) is 0 Å². The van der Waals surface area contributed by atoms with Gasteiger partial charge in [-0.3, -0.25) is 4.21 Å². The Morgan fingerprint density at radius 2 is 1.81 bits per heavy atom.